The number of ether oxygens (including phenoxy) is 1. The van der Waals surface area contributed by atoms with Crippen molar-refractivity contribution in [3.63, 3.8) is 0 Å². The largest absolute Gasteiger partial charge is 0.374 e. The first-order valence-corrected chi connectivity index (χ1v) is 11.0. The molecule has 7 heteroatoms. The summed E-state index contributed by atoms with van der Waals surface area (Å²) in [5.41, 5.74) is 0.775. The van der Waals surface area contributed by atoms with Crippen LogP contribution in [0.15, 0.2) is 4.79 Å². The van der Waals surface area contributed by atoms with Crippen molar-refractivity contribution in [1.82, 2.24) is 14.5 Å². The molecule has 2 aliphatic heterocycles. The van der Waals surface area contributed by atoms with Crippen LogP contribution in [0.4, 0.5) is 0 Å². The molecule has 1 amide bonds. The number of hydrogen-bond donors (Lipinski definition) is 0. The molecule has 2 aromatic rings. The molecule has 0 unspecified atom stereocenters. The highest BCUT2D eigenvalue weighted by Gasteiger charge is 2.34. The Morgan fingerprint density at radius 2 is 2.00 bits per heavy atom. The van der Waals surface area contributed by atoms with Crippen molar-refractivity contribution >= 4 is 27.5 Å². The normalized spacial score (nSPS) is 20.9. The van der Waals surface area contributed by atoms with Gasteiger partial charge in [0.2, 0.25) is 0 Å². The molecule has 2 aromatic heterocycles. The fourth-order valence-electron chi connectivity index (χ4n) is 4.12. The Kier molecular flexibility index (Phi) is 5.08. The van der Waals surface area contributed by atoms with Crippen LogP contribution in [0.5, 0.6) is 0 Å². The van der Waals surface area contributed by atoms with Crippen LogP contribution in [-0.4, -0.2) is 46.2 Å². The van der Waals surface area contributed by atoms with Gasteiger partial charge in [0.05, 0.1) is 23.0 Å². The summed E-state index contributed by atoms with van der Waals surface area (Å²) in [5, 5.41) is 0.625. The minimum Gasteiger partial charge on any atom is -0.374 e. The number of aromatic nitrogens is 2. The number of carbonyl (C=O) groups excluding carboxylic acids is 1. The molecule has 152 valence electrons. The Balaban J connectivity index is 1.71. The monoisotopic (exact) mass is 403 g/mol. The lowest BCUT2D eigenvalue weighted by Gasteiger charge is -2.39. The molecule has 4 rings (SSSR count). The average molecular weight is 404 g/mol. The van der Waals surface area contributed by atoms with Gasteiger partial charge in [-0.05, 0) is 30.7 Å². The molecule has 1 fully saturated rings. The molecule has 0 aliphatic carbocycles. The van der Waals surface area contributed by atoms with Crippen molar-refractivity contribution in [2.24, 2.45) is 5.41 Å². The Hall–Kier alpha value is -1.73. The average Bonchev–Trinajstić information content (AvgIpc) is 2.82. The van der Waals surface area contributed by atoms with E-state index in [0.29, 0.717) is 34.8 Å². The van der Waals surface area contributed by atoms with Gasteiger partial charge >= 0.3 is 0 Å². The van der Waals surface area contributed by atoms with Crippen LogP contribution in [0.1, 0.15) is 61.1 Å². The third kappa shape index (κ3) is 3.39. The van der Waals surface area contributed by atoms with Crippen LogP contribution in [-0.2, 0) is 17.7 Å². The van der Waals surface area contributed by atoms with Crippen molar-refractivity contribution in [3.8, 4) is 0 Å². The van der Waals surface area contributed by atoms with Gasteiger partial charge in [0.25, 0.3) is 11.5 Å². The zero-order valence-corrected chi connectivity index (χ0v) is 18.0. The van der Waals surface area contributed by atoms with Gasteiger partial charge in [0.1, 0.15) is 10.7 Å². The zero-order chi connectivity index (χ0) is 20.1. The topological polar surface area (TPSA) is 64.4 Å². The Morgan fingerprint density at radius 3 is 2.75 bits per heavy atom. The maximum absolute atomic E-state index is 13.3. The minimum atomic E-state index is -0.0217. The van der Waals surface area contributed by atoms with Gasteiger partial charge in [-0.15, -0.1) is 11.3 Å². The highest BCUT2D eigenvalue weighted by molar-refractivity contribution is 7.20. The molecule has 1 saturated heterocycles. The first kappa shape index (κ1) is 19.6. The van der Waals surface area contributed by atoms with E-state index in [4.69, 9.17) is 9.72 Å². The van der Waals surface area contributed by atoms with E-state index in [9.17, 15) is 9.59 Å². The van der Waals surface area contributed by atoms with E-state index in [2.05, 4.69) is 20.8 Å². The molecule has 0 saturated carbocycles. The smallest absolute Gasteiger partial charge is 0.264 e. The lowest BCUT2D eigenvalue weighted by molar-refractivity contribution is -0.0705. The molecule has 28 heavy (non-hydrogen) atoms. The van der Waals surface area contributed by atoms with Gasteiger partial charge in [0, 0.05) is 26.1 Å². The Morgan fingerprint density at radius 1 is 1.21 bits per heavy atom. The van der Waals surface area contributed by atoms with Gasteiger partial charge in [-0.25, -0.2) is 4.98 Å². The number of nitrogens with zero attached hydrogens (tertiary/aromatic N) is 3. The maximum Gasteiger partial charge on any atom is 0.264 e. The quantitative estimate of drug-likeness (QED) is 0.732. The molecular weight excluding hydrogens is 374 g/mol. The van der Waals surface area contributed by atoms with Gasteiger partial charge in [-0.3, -0.25) is 14.2 Å². The molecular formula is C21H29N3O3S. The first-order chi connectivity index (χ1) is 13.3. The Bertz CT molecular complexity index is 970. The van der Waals surface area contributed by atoms with Crippen molar-refractivity contribution < 1.29 is 9.53 Å². The second-order valence-corrected chi connectivity index (χ2v) is 10.0. The van der Waals surface area contributed by atoms with Crippen LogP contribution in [0, 0.1) is 12.3 Å². The van der Waals surface area contributed by atoms with E-state index in [-0.39, 0.29) is 23.0 Å². The molecule has 6 nitrogen and oxygen atoms in total. The van der Waals surface area contributed by atoms with E-state index < -0.39 is 0 Å². The number of rotatable bonds is 1. The Labute approximate surface area is 169 Å². The third-order valence-corrected chi connectivity index (χ3v) is 7.10. The first-order valence-electron chi connectivity index (χ1n) is 10.2. The van der Waals surface area contributed by atoms with E-state index >= 15 is 0 Å². The summed E-state index contributed by atoms with van der Waals surface area (Å²) in [6, 6.07) is 0. The lowest BCUT2D eigenvalue weighted by atomic mass is 9.88. The van der Waals surface area contributed by atoms with E-state index in [0.717, 1.165) is 43.6 Å². The summed E-state index contributed by atoms with van der Waals surface area (Å²) in [6.07, 6.45) is 4.06. The van der Waals surface area contributed by atoms with E-state index in [1.165, 1.54) is 11.3 Å². The molecule has 4 heterocycles. The van der Waals surface area contributed by atoms with Crippen LogP contribution in [0.2, 0.25) is 0 Å². The summed E-state index contributed by atoms with van der Waals surface area (Å²) in [6.45, 7) is 10.7. The SMILES string of the molecule is Cc1c(C(=O)N2CCO[C@H](C(C)(C)C)C2)sc2nc3n(c(=O)c12)CCCCC3. The van der Waals surface area contributed by atoms with Crippen molar-refractivity contribution in [3.05, 3.63) is 26.6 Å². The van der Waals surface area contributed by atoms with Crippen LogP contribution in [0.3, 0.4) is 0 Å². The minimum absolute atomic E-state index is 0.00218. The molecule has 2 aliphatic rings. The van der Waals surface area contributed by atoms with Crippen molar-refractivity contribution in [1.29, 1.82) is 0 Å². The summed E-state index contributed by atoms with van der Waals surface area (Å²) < 4.78 is 7.72. The number of thiophene rings is 1. The molecule has 1 atom stereocenters. The van der Waals surface area contributed by atoms with Gasteiger partial charge < -0.3 is 9.64 Å². The van der Waals surface area contributed by atoms with Crippen LogP contribution >= 0.6 is 11.3 Å². The summed E-state index contributed by atoms with van der Waals surface area (Å²) in [4.78, 5) is 34.4. The number of fused-ring (bicyclic) bond motifs is 2. The fraction of sp³-hybridized carbons (Fsp3) is 0.667. The number of aryl methyl sites for hydroxylation is 2. The van der Waals surface area contributed by atoms with Crippen molar-refractivity contribution in [2.45, 2.75) is 66.0 Å². The number of hydrogen-bond acceptors (Lipinski definition) is 5. The number of carbonyl (C=O) groups is 1. The summed E-state index contributed by atoms with van der Waals surface area (Å²) in [7, 11) is 0. The summed E-state index contributed by atoms with van der Waals surface area (Å²) in [5.74, 6) is 0.868. The van der Waals surface area contributed by atoms with Crippen LogP contribution < -0.4 is 5.56 Å². The molecule has 0 radical (unpaired) electrons. The summed E-state index contributed by atoms with van der Waals surface area (Å²) >= 11 is 1.37. The van der Waals surface area contributed by atoms with Gasteiger partial charge in [-0.1, -0.05) is 27.2 Å². The highest BCUT2D eigenvalue weighted by Crippen LogP contribution is 2.31. The number of morpholine rings is 1. The zero-order valence-electron chi connectivity index (χ0n) is 17.2. The standard InChI is InChI=1S/C21H29N3O3S/c1-13-16-18(22-15-8-6-5-7-9-24(15)19(16)25)28-17(13)20(26)23-10-11-27-14(12-23)21(2,3)4/h14H,5-12H2,1-4H3/t14-/m0/s1. The lowest BCUT2D eigenvalue weighted by Crippen LogP contribution is -2.50. The predicted molar refractivity (Wildman–Crippen MR) is 111 cm³/mol. The van der Waals surface area contributed by atoms with Gasteiger partial charge in [-0.2, -0.15) is 0 Å². The third-order valence-electron chi connectivity index (χ3n) is 5.93. The van der Waals surface area contributed by atoms with Crippen LogP contribution in [0.25, 0.3) is 10.2 Å². The van der Waals surface area contributed by atoms with E-state index in [1.54, 1.807) is 0 Å². The number of amides is 1. The highest BCUT2D eigenvalue weighted by atomic mass is 32.1. The fourth-order valence-corrected chi connectivity index (χ4v) is 5.27. The van der Waals surface area contributed by atoms with Gasteiger partial charge in [0.15, 0.2) is 0 Å². The molecule has 0 bridgehead atoms. The maximum atomic E-state index is 13.3. The van der Waals surface area contributed by atoms with E-state index in [1.807, 2.05) is 16.4 Å². The molecule has 0 N–H and O–H groups in total. The second-order valence-electron chi connectivity index (χ2n) is 9.01. The predicted octanol–water partition coefficient (Wildman–Crippen LogP) is 3.38. The second kappa shape index (κ2) is 7.26. The molecule has 0 aromatic carbocycles. The van der Waals surface area contributed by atoms with Crippen molar-refractivity contribution in [2.75, 3.05) is 19.7 Å². The molecule has 0 spiro atoms.